The lowest BCUT2D eigenvalue weighted by Gasteiger charge is -2.34. The molecule has 1 aliphatic rings. The Balaban J connectivity index is 2.18. The first-order valence-corrected chi connectivity index (χ1v) is 7.59. The Hall–Kier alpha value is -0.880. The maximum absolute atomic E-state index is 12.0. The molecule has 0 aromatic carbocycles. The summed E-state index contributed by atoms with van der Waals surface area (Å²) in [5.41, 5.74) is 0. The second-order valence-corrected chi connectivity index (χ2v) is 6.09. The molecule has 1 unspecified atom stereocenters. The maximum atomic E-state index is 12.0. The number of hydrogen-bond acceptors (Lipinski definition) is 3. The molecule has 4 nitrogen and oxygen atoms in total. The van der Waals surface area contributed by atoms with Crippen molar-refractivity contribution >= 4 is 39.1 Å². The van der Waals surface area contributed by atoms with Crippen molar-refractivity contribution in [3.05, 3.63) is 20.8 Å². The van der Waals surface area contributed by atoms with Gasteiger partial charge in [-0.3, -0.25) is 9.59 Å². The van der Waals surface area contributed by atoms with E-state index in [1.165, 1.54) is 0 Å². The Kier molecular flexibility index (Phi) is 4.40. The largest absolute Gasteiger partial charge is 0.345 e. The van der Waals surface area contributed by atoms with E-state index in [2.05, 4.69) is 21.2 Å². The summed E-state index contributed by atoms with van der Waals surface area (Å²) in [6, 6.07) is 1.63. The molecule has 2 rings (SSSR count). The number of carbonyl (C=O) groups is 2. The topological polar surface area (TPSA) is 49.4 Å². The molecule has 1 aliphatic heterocycles. The van der Waals surface area contributed by atoms with Crippen LogP contribution in [0.5, 0.6) is 0 Å². The van der Waals surface area contributed by atoms with Crippen molar-refractivity contribution in [3.63, 3.8) is 0 Å². The molecule has 0 saturated carbocycles. The molecule has 18 heavy (non-hydrogen) atoms. The first-order chi connectivity index (χ1) is 8.63. The Morgan fingerprint density at radius 3 is 2.94 bits per heavy atom. The average molecular weight is 331 g/mol. The lowest BCUT2D eigenvalue weighted by molar-refractivity contribution is -0.146. The van der Waals surface area contributed by atoms with E-state index in [0.717, 1.165) is 15.8 Å². The van der Waals surface area contributed by atoms with Crippen molar-refractivity contribution in [2.75, 3.05) is 6.54 Å². The van der Waals surface area contributed by atoms with Gasteiger partial charge >= 0.3 is 0 Å². The molecule has 6 heteroatoms. The minimum absolute atomic E-state index is 0.00616. The van der Waals surface area contributed by atoms with Crippen LogP contribution < -0.4 is 5.32 Å². The molecule has 0 radical (unpaired) electrons. The molecule has 1 aromatic heterocycles. The van der Waals surface area contributed by atoms with Crippen LogP contribution in [-0.2, 0) is 16.1 Å². The van der Waals surface area contributed by atoms with Crippen molar-refractivity contribution in [2.24, 2.45) is 0 Å². The van der Waals surface area contributed by atoms with E-state index in [4.69, 9.17) is 0 Å². The second-order valence-electron chi connectivity index (χ2n) is 4.24. The third kappa shape index (κ3) is 2.75. The second kappa shape index (κ2) is 5.84. The minimum Gasteiger partial charge on any atom is -0.345 e. The predicted octanol–water partition coefficient (Wildman–Crippen LogP) is 2.14. The number of nitrogens with zero attached hydrogens (tertiary/aromatic N) is 1. The highest BCUT2D eigenvalue weighted by atomic mass is 79.9. The molecule has 0 spiro atoms. The average Bonchev–Trinajstić information content (AvgIpc) is 2.74. The number of rotatable bonds is 4. The van der Waals surface area contributed by atoms with Crippen LogP contribution in [0.1, 0.15) is 24.6 Å². The molecular formula is C12H15BrN2O2S. The van der Waals surface area contributed by atoms with Crippen LogP contribution in [-0.4, -0.2) is 29.3 Å². The van der Waals surface area contributed by atoms with E-state index in [-0.39, 0.29) is 24.4 Å². The third-order valence-electron chi connectivity index (χ3n) is 2.98. The molecule has 1 saturated heterocycles. The molecule has 0 aliphatic carbocycles. The quantitative estimate of drug-likeness (QED) is 0.919. The molecule has 1 N–H and O–H groups in total. The van der Waals surface area contributed by atoms with E-state index in [9.17, 15) is 9.59 Å². The van der Waals surface area contributed by atoms with Gasteiger partial charge in [0.05, 0.1) is 13.1 Å². The van der Waals surface area contributed by atoms with Gasteiger partial charge in [0.15, 0.2) is 0 Å². The fourth-order valence-corrected chi connectivity index (χ4v) is 3.52. The number of carbonyl (C=O) groups excluding carboxylic acids is 2. The fraction of sp³-hybridized carbons (Fsp3) is 0.500. The van der Waals surface area contributed by atoms with Crippen molar-refractivity contribution in [3.8, 4) is 0 Å². The summed E-state index contributed by atoms with van der Waals surface area (Å²) in [7, 11) is 0. The van der Waals surface area contributed by atoms with E-state index in [1.807, 2.05) is 18.4 Å². The molecule has 2 amide bonds. The molecule has 1 fully saturated rings. The van der Waals surface area contributed by atoms with Crippen LogP contribution >= 0.6 is 27.3 Å². The summed E-state index contributed by atoms with van der Waals surface area (Å²) in [6.07, 6.45) is 1.59. The zero-order valence-electron chi connectivity index (χ0n) is 10.1. The lowest BCUT2D eigenvalue weighted by atomic mass is 10.1. The van der Waals surface area contributed by atoms with Crippen LogP contribution in [0.2, 0.25) is 0 Å². The standard InChI is InChI=1S/C12H15BrN2O2S/c1-2-3-9-12(17)14-6-11(16)15(9)7-10-8(13)4-5-18-10/h4-5,9H,2-3,6-7H2,1H3,(H,14,17). The van der Waals surface area contributed by atoms with Gasteiger partial charge in [-0.2, -0.15) is 0 Å². The fourth-order valence-electron chi connectivity index (χ4n) is 2.05. The highest BCUT2D eigenvalue weighted by Crippen LogP contribution is 2.26. The molecular weight excluding hydrogens is 316 g/mol. The van der Waals surface area contributed by atoms with Gasteiger partial charge in [-0.15, -0.1) is 11.3 Å². The third-order valence-corrected chi connectivity index (χ3v) is 4.89. The smallest absolute Gasteiger partial charge is 0.243 e. The van der Waals surface area contributed by atoms with Gasteiger partial charge in [0.25, 0.3) is 0 Å². The molecule has 0 bridgehead atoms. The van der Waals surface area contributed by atoms with Gasteiger partial charge in [-0.25, -0.2) is 0 Å². The van der Waals surface area contributed by atoms with Gasteiger partial charge in [0.1, 0.15) is 6.04 Å². The summed E-state index contributed by atoms with van der Waals surface area (Å²) in [6.45, 7) is 2.64. The van der Waals surface area contributed by atoms with Crippen LogP contribution in [0, 0.1) is 0 Å². The van der Waals surface area contributed by atoms with Crippen molar-refractivity contribution < 1.29 is 9.59 Å². The van der Waals surface area contributed by atoms with E-state index in [0.29, 0.717) is 13.0 Å². The van der Waals surface area contributed by atoms with Crippen LogP contribution in [0.4, 0.5) is 0 Å². The first-order valence-electron chi connectivity index (χ1n) is 5.92. The lowest BCUT2D eigenvalue weighted by Crippen LogP contribution is -2.57. The van der Waals surface area contributed by atoms with E-state index in [1.54, 1.807) is 16.2 Å². The number of thiophene rings is 1. The minimum atomic E-state index is -0.328. The van der Waals surface area contributed by atoms with Gasteiger partial charge in [-0.05, 0) is 33.8 Å². The van der Waals surface area contributed by atoms with Crippen LogP contribution in [0.15, 0.2) is 15.9 Å². The van der Waals surface area contributed by atoms with E-state index < -0.39 is 0 Å². The molecule has 2 heterocycles. The number of piperazine rings is 1. The highest BCUT2D eigenvalue weighted by molar-refractivity contribution is 9.10. The van der Waals surface area contributed by atoms with E-state index >= 15 is 0 Å². The summed E-state index contributed by atoms with van der Waals surface area (Å²) in [4.78, 5) is 26.6. The maximum Gasteiger partial charge on any atom is 0.243 e. The highest BCUT2D eigenvalue weighted by Gasteiger charge is 2.33. The number of nitrogens with one attached hydrogen (secondary N) is 1. The molecule has 1 atom stereocenters. The zero-order valence-corrected chi connectivity index (χ0v) is 12.5. The van der Waals surface area contributed by atoms with Gasteiger partial charge in [0, 0.05) is 9.35 Å². The number of halogens is 1. The monoisotopic (exact) mass is 330 g/mol. The normalized spacial score (nSPS) is 20.1. The zero-order chi connectivity index (χ0) is 13.1. The summed E-state index contributed by atoms with van der Waals surface area (Å²) in [5.74, 6) is -0.0440. The number of amides is 2. The van der Waals surface area contributed by atoms with Gasteiger partial charge in [-0.1, -0.05) is 13.3 Å². The Morgan fingerprint density at radius 2 is 2.33 bits per heavy atom. The Morgan fingerprint density at radius 1 is 1.56 bits per heavy atom. The predicted molar refractivity (Wildman–Crippen MR) is 74.3 cm³/mol. The van der Waals surface area contributed by atoms with Crippen molar-refractivity contribution in [2.45, 2.75) is 32.4 Å². The van der Waals surface area contributed by atoms with Crippen molar-refractivity contribution in [1.82, 2.24) is 10.2 Å². The van der Waals surface area contributed by atoms with Crippen LogP contribution in [0.25, 0.3) is 0 Å². The molecule has 98 valence electrons. The SMILES string of the molecule is CCCC1C(=O)NCC(=O)N1Cc1sccc1Br. The number of hydrogen-bond donors (Lipinski definition) is 1. The Bertz CT molecular complexity index is 461. The Labute approximate surface area is 118 Å². The summed E-state index contributed by atoms with van der Waals surface area (Å²) in [5, 5.41) is 4.63. The van der Waals surface area contributed by atoms with Crippen LogP contribution in [0.3, 0.4) is 0 Å². The van der Waals surface area contributed by atoms with Crippen molar-refractivity contribution in [1.29, 1.82) is 0 Å². The summed E-state index contributed by atoms with van der Waals surface area (Å²) >= 11 is 5.05. The van der Waals surface area contributed by atoms with Gasteiger partial charge < -0.3 is 10.2 Å². The summed E-state index contributed by atoms with van der Waals surface area (Å²) < 4.78 is 1.00. The first kappa shape index (κ1) is 13.5. The van der Waals surface area contributed by atoms with Gasteiger partial charge in [0.2, 0.25) is 11.8 Å². The molecule has 1 aromatic rings.